The average Bonchev–Trinajstić information content (AvgIpc) is 2.68. The number of hydrogen-bond donors (Lipinski definition) is 1. The molecule has 0 radical (unpaired) electrons. The molecule has 3 nitrogen and oxygen atoms in total. The molecule has 0 fully saturated rings. The summed E-state index contributed by atoms with van der Waals surface area (Å²) in [6, 6.07) is 9.29. The monoisotopic (exact) mass is 376 g/mol. The Bertz CT molecular complexity index is 458. The van der Waals surface area contributed by atoms with Crippen molar-refractivity contribution >= 4 is 5.97 Å². The molecule has 0 heterocycles. The first-order valence-corrected chi connectivity index (χ1v) is 11.2. The van der Waals surface area contributed by atoms with Gasteiger partial charge in [-0.25, -0.2) is 0 Å². The number of aliphatic hydroxyl groups is 1. The van der Waals surface area contributed by atoms with Gasteiger partial charge in [-0.15, -0.1) is 0 Å². The molecule has 0 bridgehead atoms. The zero-order valence-electron chi connectivity index (χ0n) is 17.3. The van der Waals surface area contributed by atoms with Crippen LogP contribution in [-0.4, -0.2) is 17.2 Å². The molecule has 0 saturated heterocycles. The van der Waals surface area contributed by atoms with Crippen LogP contribution in [0.2, 0.25) is 0 Å². The fraction of sp³-hybridized carbons (Fsp3) is 0.708. The Morgan fingerprint density at radius 2 is 1.33 bits per heavy atom. The second-order valence-electron chi connectivity index (χ2n) is 7.66. The van der Waals surface area contributed by atoms with E-state index in [1.165, 1.54) is 57.8 Å². The average molecular weight is 377 g/mol. The van der Waals surface area contributed by atoms with Gasteiger partial charge in [0.2, 0.25) is 0 Å². The van der Waals surface area contributed by atoms with Crippen LogP contribution in [-0.2, 0) is 4.79 Å². The molecule has 0 aromatic heterocycles. The van der Waals surface area contributed by atoms with Gasteiger partial charge in [0.15, 0.2) is 0 Å². The van der Waals surface area contributed by atoms with Crippen LogP contribution in [0.15, 0.2) is 30.3 Å². The fourth-order valence-corrected chi connectivity index (χ4v) is 3.32. The van der Waals surface area contributed by atoms with Gasteiger partial charge in [-0.05, 0) is 31.4 Å². The predicted molar refractivity (Wildman–Crippen MR) is 113 cm³/mol. The van der Waals surface area contributed by atoms with E-state index in [2.05, 4.69) is 6.92 Å². The van der Waals surface area contributed by atoms with Gasteiger partial charge in [-0.1, -0.05) is 95.8 Å². The molecule has 27 heavy (non-hydrogen) atoms. The van der Waals surface area contributed by atoms with Crippen molar-refractivity contribution in [2.45, 2.75) is 109 Å². The molecule has 0 spiro atoms. The molecule has 3 heteroatoms. The van der Waals surface area contributed by atoms with Crippen LogP contribution in [0.5, 0.6) is 5.75 Å². The second-order valence-corrected chi connectivity index (χ2v) is 7.66. The van der Waals surface area contributed by atoms with Crippen molar-refractivity contribution < 1.29 is 14.6 Å². The lowest BCUT2D eigenvalue weighted by Gasteiger charge is -2.09. The third-order valence-electron chi connectivity index (χ3n) is 5.03. The summed E-state index contributed by atoms with van der Waals surface area (Å²) in [6.07, 6.45) is 16.9. The maximum absolute atomic E-state index is 11.7. The standard InChI is InChI=1S/C24H40O3/c1-2-3-17-22(25)18-13-10-8-6-4-5-7-9-11-16-21-24(26)27-23-19-14-12-15-20-23/h12,14-15,19-20,22,25H,2-11,13,16-18,21H2,1H3. The number of carbonyl (C=O) groups excluding carboxylic acids is 1. The molecule has 0 saturated carbocycles. The van der Waals surface area contributed by atoms with Gasteiger partial charge < -0.3 is 9.84 Å². The summed E-state index contributed by atoms with van der Waals surface area (Å²) < 4.78 is 5.29. The molecule has 0 aliphatic heterocycles. The molecule has 1 atom stereocenters. The lowest BCUT2D eigenvalue weighted by Crippen LogP contribution is -2.07. The Morgan fingerprint density at radius 1 is 0.815 bits per heavy atom. The number of benzene rings is 1. The Kier molecular flexibility index (Phi) is 14.7. The number of unbranched alkanes of at least 4 members (excludes halogenated alkanes) is 10. The van der Waals surface area contributed by atoms with Crippen molar-refractivity contribution in [1.29, 1.82) is 0 Å². The molecule has 1 N–H and O–H groups in total. The summed E-state index contributed by atoms with van der Waals surface area (Å²) in [5.41, 5.74) is 0. The largest absolute Gasteiger partial charge is 0.427 e. The van der Waals surface area contributed by atoms with Gasteiger partial charge in [0, 0.05) is 6.42 Å². The highest BCUT2D eigenvalue weighted by atomic mass is 16.5. The van der Waals surface area contributed by atoms with Gasteiger partial charge >= 0.3 is 5.97 Å². The number of carbonyl (C=O) groups is 1. The summed E-state index contributed by atoms with van der Waals surface area (Å²) >= 11 is 0. The Morgan fingerprint density at radius 3 is 1.93 bits per heavy atom. The summed E-state index contributed by atoms with van der Waals surface area (Å²) in [5, 5.41) is 9.80. The molecule has 154 valence electrons. The Balaban J connectivity index is 1.81. The van der Waals surface area contributed by atoms with Gasteiger partial charge in [-0.3, -0.25) is 4.79 Å². The van der Waals surface area contributed by atoms with Crippen molar-refractivity contribution in [2.75, 3.05) is 0 Å². The lowest BCUT2D eigenvalue weighted by atomic mass is 10.0. The molecular formula is C24H40O3. The number of ether oxygens (including phenoxy) is 1. The van der Waals surface area contributed by atoms with Gasteiger partial charge in [0.1, 0.15) is 5.75 Å². The number of hydrogen-bond acceptors (Lipinski definition) is 3. The predicted octanol–water partition coefficient (Wildman–Crippen LogP) is 6.82. The van der Waals surface area contributed by atoms with Crippen molar-refractivity contribution in [2.24, 2.45) is 0 Å². The van der Waals surface area contributed by atoms with Gasteiger partial charge in [0.05, 0.1) is 6.10 Å². The van der Waals surface area contributed by atoms with Crippen molar-refractivity contribution in [1.82, 2.24) is 0 Å². The normalized spacial score (nSPS) is 12.1. The first-order valence-electron chi connectivity index (χ1n) is 11.2. The third kappa shape index (κ3) is 14.4. The SMILES string of the molecule is CCCCC(O)CCCCCCCCCCCCC(=O)Oc1ccccc1. The number of rotatable bonds is 17. The van der Waals surface area contributed by atoms with E-state index in [4.69, 9.17) is 4.74 Å². The molecule has 1 rings (SSSR count). The van der Waals surface area contributed by atoms with E-state index in [-0.39, 0.29) is 12.1 Å². The molecule has 0 aliphatic carbocycles. The Labute approximate surface area is 166 Å². The van der Waals surface area contributed by atoms with Crippen LogP contribution < -0.4 is 4.74 Å². The van der Waals surface area contributed by atoms with E-state index in [9.17, 15) is 9.90 Å². The minimum atomic E-state index is -0.124. The smallest absolute Gasteiger partial charge is 0.311 e. The number of aliphatic hydroxyl groups excluding tert-OH is 1. The van der Waals surface area contributed by atoms with Crippen LogP contribution >= 0.6 is 0 Å². The number of esters is 1. The van der Waals surface area contributed by atoms with Gasteiger partial charge in [-0.2, -0.15) is 0 Å². The van der Waals surface area contributed by atoms with Crippen molar-refractivity contribution in [3.05, 3.63) is 30.3 Å². The van der Waals surface area contributed by atoms with Crippen LogP contribution in [0, 0.1) is 0 Å². The third-order valence-corrected chi connectivity index (χ3v) is 5.03. The van der Waals surface area contributed by atoms with Crippen LogP contribution in [0.3, 0.4) is 0 Å². The first kappa shape index (κ1) is 23.7. The molecular weight excluding hydrogens is 336 g/mol. The highest BCUT2D eigenvalue weighted by molar-refractivity contribution is 5.72. The van der Waals surface area contributed by atoms with E-state index in [1.54, 1.807) is 0 Å². The summed E-state index contributed by atoms with van der Waals surface area (Å²) in [5.74, 6) is 0.513. The minimum Gasteiger partial charge on any atom is -0.427 e. The fourth-order valence-electron chi connectivity index (χ4n) is 3.32. The maximum Gasteiger partial charge on any atom is 0.311 e. The zero-order valence-corrected chi connectivity index (χ0v) is 17.3. The van der Waals surface area contributed by atoms with Crippen LogP contribution in [0.4, 0.5) is 0 Å². The van der Waals surface area contributed by atoms with Crippen LogP contribution in [0.25, 0.3) is 0 Å². The minimum absolute atomic E-state index is 0.0741. The molecule has 0 aliphatic rings. The lowest BCUT2D eigenvalue weighted by molar-refractivity contribution is -0.134. The van der Waals surface area contributed by atoms with Crippen LogP contribution in [0.1, 0.15) is 103 Å². The highest BCUT2D eigenvalue weighted by Crippen LogP contribution is 2.15. The maximum atomic E-state index is 11.7. The van der Waals surface area contributed by atoms with E-state index < -0.39 is 0 Å². The van der Waals surface area contributed by atoms with Crippen molar-refractivity contribution in [3.63, 3.8) is 0 Å². The first-order chi connectivity index (χ1) is 13.2. The quantitative estimate of drug-likeness (QED) is 0.184. The zero-order chi connectivity index (χ0) is 19.6. The topological polar surface area (TPSA) is 46.5 Å². The van der Waals surface area contributed by atoms with E-state index in [1.807, 2.05) is 30.3 Å². The van der Waals surface area contributed by atoms with Gasteiger partial charge in [0.25, 0.3) is 0 Å². The van der Waals surface area contributed by atoms with E-state index in [0.717, 1.165) is 32.1 Å². The molecule has 0 amide bonds. The van der Waals surface area contributed by atoms with Crippen molar-refractivity contribution in [3.8, 4) is 5.75 Å². The highest BCUT2D eigenvalue weighted by Gasteiger charge is 2.04. The summed E-state index contributed by atoms with van der Waals surface area (Å²) in [7, 11) is 0. The van der Waals surface area contributed by atoms with E-state index in [0.29, 0.717) is 12.2 Å². The number of para-hydroxylation sites is 1. The second kappa shape index (κ2) is 16.8. The molecule has 1 aromatic rings. The molecule has 1 unspecified atom stereocenters. The summed E-state index contributed by atoms with van der Waals surface area (Å²) in [6.45, 7) is 2.17. The molecule has 1 aromatic carbocycles. The summed E-state index contributed by atoms with van der Waals surface area (Å²) in [4.78, 5) is 11.7. The van der Waals surface area contributed by atoms with E-state index >= 15 is 0 Å². The Hall–Kier alpha value is -1.35.